The Hall–Kier alpha value is -2.33. The molecule has 4 nitrogen and oxygen atoms in total. The highest BCUT2D eigenvalue weighted by Gasteiger charge is 2.00. The van der Waals surface area contributed by atoms with E-state index in [2.05, 4.69) is 22.9 Å². The SMILES string of the molecule is O=C(NCCCc1ccccc1)NOCc1ccccc1. The first kappa shape index (κ1) is 15.1. The van der Waals surface area contributed by atoms with Gasteiger partial charge >= 0.3 is 6.03 Å². The first-order valence-electron chi connectivity index (χ1n) is 7.08. The van der Waals surface area contributed by atoms with Crippen molar-refractivity contribution in [2.45, 2.75) is 19.4 Å². The maximum absolute atomic E-state index is 11.5. The van der Waals surface area contributed by atoms with Gasteiger partial charge in [-0.1, -0.05) is 60.7 Å². The molecule has 2 aromatic carbocycles. The largest absolute Gasteiger partial charge is 0.338 e. The van der Waals surface area contributed by atoms with Gasteiger partial charge in [-0.15, -0.1) is 0 Å². The zero-order valence-electron chi connectivity index (χ0n) is 11.9. The summed E-state index contributed by atoms with van der Waals surface area (Å²) in [5, 5.41) is 2.76. The summed E-state index contributed by atoms with van der Waals surface area (Å²) >= 11 is 0. The van der Waals surface area contributed by atoms with Crippen LogP contribution in [0.3, 0.4) is 0 Å². The Morgan fingerprint density at radius 3 is 2.19 bits per heavy atom. The Labute approximate surface area is 125 Å². The number of rotatable bonds is 7. The fourth-order valence-electron chi connectivity index (χ4n) is 1.93. The molecule has 0 aliphatic carbocycles. The van der Waals surface area contributed by atoms with Crippen molar-refractivity contribution in [3.63, 3.8) is 0 Å². The van der Waals surface area contributed by atoms with Crippen molar-refractivity contribution in [2.75, 3.05) is 6.54 Å². The third kappa shape index (κ3) is 6.10. The molecule has 0 aromatic heterocycles. The first-order valence-corrected chi connectivity index (χ1v) is 7.08. The third-order valence-electron chi connectivity index (χ3n) is 3.02. The lowest BCUT2D eigenvalue weighted by atomic mass is 10.1. The minimum atomic E-state index is -0.306. The predicted molar refractivity (Wildman–Crippen MR) is 82.5 cm³/mol. The zero-order chi connectivity index (χ0) is 14.8. The third-order valence-corrected chi connectivity index (χ3v) is 3.02. The quantitative estimate of drug-likeness (QED) is 0.606. The second kappa shape index (κ2) is 8.76. The zero-order valence-corrected chi connectivity index (χ0v) is 11.9. The average molecular weight is 284 g/mol. The normalized spacial score (nSPS) is 10.1. The number of aryl methyl sites for hydroxylation is 1. The summed E-state index contributed by atoms with van der Waals surface area (Å²) in [7, 11) is 0. The van der Waals surface area contributed by atoms with Gasteiger partial charge in [0.1, 0.15) is 0 Å². The summed E-state index contributed by atoms with van der Waals surface area (Å²) < 4.78 is 0. The fraction of sp³-hybridized carbons (Fsp3) is 0.235. The topological polar surface area (TPSA) is 50.4 Å². The summed E-state index contributed by atoms with van der Waals surface area (Å²) in [4.78, 5) is 16.6. The van der Waals surface area contributed by atoms with Crippen LogP contribution < -0.4 is 10.8 Å². The molecule has 2 rings (SSSR count). The molecule has 0 saturated carbocycles. The number of nitrogens with one attached hydrogen (secondary N) is 2. The Balaban J connectivity index is 1.54. The molecule has 0 unspecified atom stereocenters. The number of urea groups is 1. The summed E-state index contributed by atoms with van der Waals surface area (Å²) in [5.74, 6) is 0. The van der Waals surface area contributed by atoms with Crippen molar-refractivity contribution in [1.29, 1.82) is 0 Å². The lowest BCUT2D eigenvalue weighted by Gasteiger charge is -2.08. The summed E-state index contributed by atoms with van der Waals surface area (Å²) in [6.07, 6.45) is 1.85. The first-order chi connectivity index (χ1) is 10.3. The van der Waals surface area contributed by atoms with Crippen molar-refractivity contribution in [1.82, 2.24) is 10.8 Å². The number of carbonyl (C=O) groups is 1. The smallest absolute Gasteiger partial charge is 0.336 e. The van der Waals surface area contributed by atoms with E-state index in [-0.39, 0.29) is 6.03 Å². The standard InChI is InChI=1S/C17H20N2O2/c20-17(19-21-14-16-10-5-2-6-11-16)18-13-7-12-15-8-3-1-4-9-15/h1-6,8-11H,7,12-14H2,(H2,18,19,20). The van der Waals surface area contributed by atoms with Crippen molar-refractivity contribution < 1.29 is 9.63 Å². The molecular weight excluding hydrogens is 264 g/mol. The number of amides is 2. The molecule has 0 spiro atoms. The lowest BCUT2D eigenvalue weighted by molar-refractivity contribution is 0.0491. The van der Waals surface area contributed by atoms with E-state index in [0.717, 1.165) is 18.4 Å². The maximum Gasteiger partial charge on any atom is 0.338 e. The molecule has 0 atom stereocenters. The Morgan fingerprint density at radius 2 is 1.52 bits per heavy atom. The molecule has 2 N–H and O–H groups in total. The van der Waals surface area contributed by atoms with E-state index in [9.17, 15) is 4.79 Å². The number of hydrogen-bond acceptors (Lipinski definition) is 2. The predicted octanol–water partition coefficient (Wildman–Crippen LogP) is 3.05. The average Bonchev–Trinajstić information content (AvgIpc) is 2.54. The van der Waals surface area contributed by atoms with Gasteiger partial charge in [-0.25, -0.2) is 10.3 Å². The molecule has 0 saturated heterocycles. The number of hydroxylamine groups is 1. The van der Waals surface area contributed by atoms with Crippen LogP contribution in [0, 0.1) is 0 Å². The second-order valence-electron chi connectivity index (χ2n) is 4.72. The van der Waals surface area contributed by atoms with Gasteiger partial charge in [-0.05, 0) is 24.0 Å². The summed E-state index contributed by atoms with van der Waals surface area (Å²) in [6.45, 7) is 0.980. The van der Waals surface area contributed by atoms with Crippen LogP contribution in [0.4, 0.5) is 4.79 Å². The van der Waals surface area contributed by atoms with E-state index in [1.165, 1.54) is 5.56 Å². The van der Waals surface area contributed by atoms with Gasteiger partial charge in [-0.2, -0.15) is 0 Å². The van der Waals surface area contributed by atoms with Gasteiger partial charge in [0, 0.05) is 6.54 Å². The maximum atomic E-state index is 11.5. The van der Waals surface area contributed by atoms with Crippen LogP contribution >= 0.6 is 0 Å². The van der Waals surface area contributed by atoms with E-state index in [1.54, 1.807) is 0 Å². The van der Waals surface area contributed by atoms with Gasteiger partial charge in [-0.3, -0.25) is 4.84 Å². The van der Waals surface area contributed by atoms with Crippen molar-refractivity contribution >= 4 is 6.03 Å². The molecule has 4 heteroatoms. The molecular formula is C17H20N2O2. The van der Waals surface area contributed by atoms with Crippen molar-refractivity contribution in [2.24, 2.45) is 0 Å². The van der Waals surface area contributed by atoms with Crippen LogP contribution in [-0.4, -0.2) is 12.6 Å². The van der Waals surface area contributed by atoms with Gasteiger partial charge in [0.05, 0.1) is 6.61 Å². The van der Waals surface area contributed by atoms with Crippen LogP contribution in [0.5, 0.6) is 0 Å². The van der Waals surface area contributed by atoms with Crippen molar-refractivity contribution in [3.8, 4) is 0 Å². The minimum absolute atomic E-state index is 0.306. The summed E-state index contributed by atoms with van der Waals surface area (Å²) in [5.41, 5.74) is 4.67. The van der Waals surface area contributed by atoms with Crippen LogP contribution in [0.25, 0.3) is 0 Å². The van der Waals surface area contributed by atoms with E-state index in [1.807, 2.05) is 48.5 Å². The van der Waals surface area contributed by atoms with Gasteiger partial charge in [0.25, 0.3) is 0 Å². The van der Waals surface area contributed by atoms with Crippen LogP contribution in [0.15, 0.2) is 60.7 Å². The van der Waals surface area contributed by atoms with E-state index in [0.29, 0.717) is 13.2 Å². The Morgan fingerprint density at radius 1 is 0.905 bits per heavy atom. The molecule has 110 valence electrons. The van der Waals surface area contributed by atoms with Gasteiger partial charge < -0.3 is 5.32 Å². The lowest BCUT2D eigenvalue weighted by Crippen LogP contribution is -2.36. The molecule has 0 aliphatic rings. The van der Waals surface area contributed by atoms with Crippen molar-refractivity contribution in [3.05, 3.63) is 71.8 Å². The van der Waals surface area contributed by atoms with Crippen LogP contribution in [0.2, 0.25) is 0 Å². The van der Waals surface area contributed by atoms with E-state index >= 15 is 0 Å². The number of hydrogen-bond donors (Lipinski definition) is 2. The monoisotopic (exact) mass is 284 g/mol. The highest BCUT2D eigenvalue weighted by Crippen LogP contribution is 2.01. The molecule has 0 heterocycles. The number of benzene rings is 2. The van der Waals surface area contributed by atoms with Gasteiger partial charge in [0.2, 0.25) is 0 Å². The molecule has 0 radical (unpaired) electrons. The van der Waals surface area contributed by atoms with E-state index in [4.69, 9.17) is 4.84 Å². The molecule has 2 aromatic rings. The summed E-state index contributed by atoms with van der Waals surface area (Å²) in [6, 6.07) is 19.6. The highest BCUT2D eigenvalue weighted by atomic mass is 16.7. The Kier molecular flexibility index (Phi) is 6.29. The molecule has 21 heavy (non-hydrogen) atoms. The highest BCUT2D eigenvalue weighted by molar-refractivity contribution is 5.72. The molecule has 0 bridgehead atoms. The Bertz CT molecular complexity index is 529. The number of carbonyl (C=O) groups excluding carboxylic acids is 1. The fourth-order valence-corrected chi connectivity index (χ4v) is 1.93. The minimum Gasteiger partial charge on any atom is -0.336 e. The molecule has 2 amide bonds. The van der Waals surface area contributed by atoms with E-state index < -0.39 is 0 Å². The second-order valence-corrected chi connectivity index (χ2v) is 4.72. The molecule has 0 aliphatic heterocycles. The van der Waals surface area contributed by atoms with Gasteiger partial charge in [0.15, 0.2) is 0 Å². The molecule has 0 fully saturated rings. The van der Waals surface area contributed by atoms with Crippen LogP contribution in [0.1, 0.15) is 17.5 Å². The van der Waals surface area contributed by atoms with Crippen LogP contribution in [-0.2, 0) is 17.9 Å².